The zero-order chi connectivity index (χ0) is 6.69. The van der Waals surface area contributed by atoms with E-state index in [4.69, 9.17) is 10.8 Å². The molecule has 0 unspecified atom stereocenters. The van der Waals surface area contributed by atoms with Gasteiger partial charge in [-0.25, -0.2) is 0 Å². The molecule has 5 nitrogen and oxygen atoms in total. The standard InChI is InChI=1S/C4H2N5/c5-1-3-2-7-9-4(3)8-6/h2H,(H,7,9). The highest BCUT2D eigenvalue weighted by atomic mass is 15.2. The summed E-state index contributed by atoms with van der Waals surface area (Å²) in [5, 5.41) is 16.8. The molecule has 1 aromatic heterocycles. The van der Waals surface area contributed by atoms with Gasteiger partial charge in [-0.1, -0.05) is 0 Å². The van der Waals surface area contributed by atoms with Gasteiger partial charge in [0, 0.05) is 6.20 Å². The second-order valence-electron chi connectivity index (χ2n) is 1.33. The van der Waals surface area contributed by atoms with Crippen LogP contribution in [0.4, 0.5) is 5.82 Å². The number of rotatable bonds is 1. The molecule has 1 radical (unpaired) electrons. The van der Waals surface area contributed by atoms with Gasteiger partial charge in [-0.15, -0.1) is 5.11 Å². The topological polar surface area (TPSA) is 87.1 Å². The third-order valence-corrected chi connectivity index (χ3v) is 0.835. The Morgan fingerprint density at radius 3 is 3.00 bits per heavy atom. The lowest BCUT2D eigenvalue weighted by Crippen LogP contribution is -1.66. The van der Waals surface area contributed by atoms with E-state index >= 15 is 0 Å². The summed E-state index contributed by atoms with van der Waals surface area (Å²) in [7, 11) is 0. The summed E-state index contributed by atoms with van der Waals surface area (Å²) < 4.78 is 0. The molecule has 0 saturated heterocycles. The number of nitrogens with zero attached hydrogens (tertiary/aromatic N) is 4. The Hall–Kier alpha value is -1.70. The predicted molar refractivity (Wildman–Crippen MR) is 27.5 cm³/mol. The lowest BCUT2D eigenvalue weighted by Gasteiger charge is -1.73. The molecule has 0 fully saturated rings. The van der Waals surface area contributed by atoms with Crippen LogP contribution >= 0.6 is 0 Å². The first-order valence-corrected chi connectivity index (χ1v) is 2.17. The van der Waals surface area contributed by atoms with E-state index in [0.717, 1.165) is 0 Å². The second kappa shape index (κ2) is 2.05. The minimum Gasteiger partial charge on any atom is -0.282 e. The first-order valence-electron chi connectivity index (χ1n) is 2.17. The monoisotopic (exact) mass is 120 g/mol. The maximum Gasteiger partial charge on any atom is 0.215 e. The highest BCUT2D eigenvalue weighted by Crippen LogP contribution is 2.10. The van der Waals surface area contributed by atoms with Crippen LogP contribution in [0.3, 0.4) is 0 Å². The van der Waals surface area contributed by atoms with E-state index in [0.29, 0.717) is 0 Å². The van der Waals surface area contributed by atoms with Crippen molar-refractivity contribution in [1.82, 2.24) is 15.7 Å². The van der Waals surface area contributed by atoms with Crippen LogP contribution in [-0.2, 0) is 0 Å². The molecule has 1 heterocycles. The first-order chi connectivity index (χ1) is 4.38. The third kappa shape index (κ3) is 0.770. The Labute approximate surface area is 50.8 Å². The van der Waals surface area contributed by atoms with E-state index in [2.05, 4.69) is 15.3 Å². The molecule has 43 valence electrons. The van der Waals surface area contributed by atoms with E-state index < -0.39 is 0 Å². The van der Waals surface area contributed by atoms with Crippen LogP contribution in [0.25, 0.3) is 0 Å². The van der Waals surface area contributed by atoms with Gasteiger partial charge in [0.25, 0.3) is 0 Å². The lowest BCUT2D eigenvalue weighted by atomic mass is 10.4. The summed E-state index contributed by atoms with van der Waals surface area (Å²) in [5.74, 6) is 0.0255. The number of nitriles is 1. The first kappa shape index (κ1) is 5.44. The fraction of sp³-hybridized carbons (Fsp3) is 0. The number of aromatic nitrogens is 2. The highest BCUT2D eigenvalue weighted by Gasteiger charge is 2.00. The van der Waals surface area contributed by atoms with Crippen LogP contribution in [0.15, 0.2) is 11.3 Å². The van der Waals surface area contributed by atoms with Gasteiger partial charge in [-0.05, 0) is 5.53 Å². The molecule has 1 aromatic rings. The maximum atomic E-state index is 8.26. The highest BCUT2D eigenvalue weighted by molar-refractivity contribution is 5.44. The van der Waals surface area contributed by atoms with Gasteiger partial charge in [-0.3, -0.25) is 5.10 Å². The van der Waals surface area contributed by atoms with Crippen LogP contribution in [0.2, 0.25) is 0 Å². The SMILES string of the molecule is [N]=Nc1n[nH]cc1C#N. The molecule has 0 bridgehead atoms. The van der Waals surface area contributed by atoms with Crippen LogP contribution < -0.4 is 5.53 Å². The fourth-order valence-electron chi connectivity index (χ4n) is 0.441. The quantitative estimate of drug-likeness (QED) is 0.535. The molecule has 0 aliphatic rings. The zero-order valence-electron chi connectivity index (χ0n) is 4.37. The van der Waals surface area contributed by atoms with Gasteiger partial charge in [0.1, 0.15) is 11.6 Å². The zero-order valence-corrected chi connectivity index (χ0v) is 4.37. The fourth-order valence-corrected chi connectivity index (χ4v) is 0.441. The number of aromatic amines is 1. The van der Waals surface area contributed by atoms with E-state index in [-0.39, 0.29) is 11.4 Å². The number of H-pyrrole nitrogens is 1. The minimum atomic E-state index is 0.0255. The molecule has 0 saturated carbocycles. The normalized spacial score (nSPS) is 8.33. The van der Waals surface area contributed by atoms with Crippen molar-refractivity contribution in [2.24, 2.45) is 5.11 Å². The van der Waals surface area contributed by atoms with Gasteiger partial charge >= 0.3 is 0 Å². The molecule has 1 rings (SSSR count). The molecule has 0 aliphatic carbocycles. The number of nitrogens with one attached hydrogen (secondary N) is 1. The van der Waals surface area contributed by atoms with Crippen molar-refractivity contribution >= 4 is 5.82 Å². The Bertz CT molecular complexity index is 254. The van der Waals surface area contributed by atoms with Gasteiger partial charge in [0.05, 0.1) is 0 Å². The van der Waals surface area contributed by atoms with Crippen molar-refractivity contribution in [2.75, 3.05) is 0 Å². The van der Waals surface area contributed by atoms with Crippen molar-refractivity contribution in [1.29, 1.82) is 5.26 Å². The van der Waals surface area contributed by atoms with Crippen LogP contribution in [0.5, 0.6) is 0 Å². The smallest absolute Gasteiger partial charge is 0.215 e. The largest absolute Gasteiger partial charge is 0.282 e. The molecule has 1 N–H and O–H groups in total. The molecule has 0 aliphatic heterocycles. The van der Waals surface area contributed by atoms with Crippen LogP contribution in [0, 0.1) is 11.3 Å². The molecule has 5 heteroatoms. The summed E-state index contributed by atoms with van der Waals surface area (Å²) in [6, 6.07) is 1.78. The van der Waals surface area contributed by atoms with Crippen molar-refractivity contribution in [2.45, 2.75) is 0 Å². The number of hydrogen-bond acceptors (Lipinski definition) is 3. The van der Waals surface area contributed by atoms with Crippen molar-refractivity contribution < 1.29 is 0 Å². The summed E-state index contributed by atoms with van der Waals surface area (Å²) >= 11 is 0. The average Bonchev–Trinajstić information content (AvgIpc) is 2.33. The van der Waals surface area contributed by atoms with Crippen LogP contribution in [-0.4, -0.2) is 10.2 Å². The van der Waals surface area contributed by atoms with E-state index in [1.165, 1.54) is 6.20 Å². The van der Waals surface area contributed by atoms with Gasteiger partial charge in [-0.2, -0.15) is 10.4 Å². The molecule has 9 heavy (non-hydrogen) atoms. The lowest BCUT2D eigenvalue weighted by molar-refractivity contribution is 1.06. The van der Waals surface area contributed by atoms with E-state index in [1.807, 2.05) is 0 Å². The van der Waals surface area contributed by atoms with Crippen molar-refractivity contribution in [3.8, 4) is 6.07 Å². The van der Waals surface area contributed by atoms with Crippen molar-refractivity contribution in [3.63, 3.8) is 0 Å². The average molecular weight is 120 g/mol. The summed E-state index contributed by atoms with van der Waals surface area (Å²) in [6.45, 7) is 0. The van der Waals surface area contributed by atoms with Gasteiger partial charge in [0.15, 0.2) is 0 Å². The van der Waals surface area contributed by atoms with E-state index in [1.54, 1.807) is 6.07 Å². The Kier molecular flexibility index (Phi) is 1.24. The predicted octanol–water partition coefficient (Wildman–Crippen LogP) is 0.165. The molecule has 0 amide bonds. The molecule has 0 aromatic carbocycles. The van der Waals surface area contributed by atoms with Crippen molar-refractivity contribution in [3.05, 3.63) is 11.8 Å². The summed E-state index contributed by atoms with van der Waals surface area (Å²) in [6.07, 6.45) is 1.36. The Morgan fingerprint density at radius 2 is 2.56 bits per heavy atom. The maximum absolute atomic E-state index is 8.26. The van der Waals surface area contributed by atoms with Gasteiger partial charge in [0.2, 0.25) is 5.82 Å². The third-order valence-electron chi connectivity index (χ3n) is 0.835. The van der Waals surface area contributed by atoms with E-state index in [9.17, 15) is 0 Å². The van der Waals surface area contributed by atoms with Crippen LogP contribution in [0.1, 0.15) is 5.56 Å². The molecule has 0 spiro atoms. The minimum absolute atomic E-state index is 0.0255. The van der Waals surface area contributed by atoms with Gasteiger partial charge < -0.3 is 0 Å². The Morgan fingerprint density at radius 1 is 1.78 bits per heavy atom. The molecule has 0 atom stereocenters. The summed E-state index contributed by atoms with van der Waals surface area (Å²) in [5.41, 5.74) is 8.36. The molecular weight excluding hydrogens is 118 g/mol. The Balaban J connectivity index is 3.17. The number of hydrogen-bond donors (Lipinski definition) is 1. The second-order valence-corrected chi connectivity index (χ2v) is 1.33. The molecular formula is C4H2N5. The summed E-state index contributed by atoms with van der Waals surface area (Å²) in [4.78, 5) is 0.